The maximum atomic E-state index is 11.3. The van der Waals surface area contributed by atoms with Crippen molar-refractivity contribution in [2.75, 3.05) is 0 Å². The zero-order valence-corrected chi connectivity index (χ0v) is 32.2. The molecule has 0 aliphatic heterocycles. The molecule has 2 heterocycles. The van der Waals surface area contributed by atoms with E-state index in [-0.39, 0.29) is 16.6 Å². The molecule has 0 aliphatic rings. The SMILES string of the molecule is [2H]C([2H])([2H])c1ccc(-c2ccnc(-c3cc(-c4cccc5c4nc(-c4ccccc4O)n5-c4ccc(-c5ccccc5)cc4C(C)(C)C)cc(C(C)(C)C)c3)c2)cc1. The molecule has 272 valence electrons. The van der Waals surface area contributed by atoms with Crippen LogP contribution in [0, 0.1) is 6.85 Å². The molecule has 1 N–H and O–H groups in total. The topological polar surface area (TPSA) is 50.9 Å². The summed E-state index contributed by atoms with van der Waals surface area (Å²) in [4.78, 5) is 10.3. The van der Waals surface area contributed by atoms with Crippen molar-refractivity contribution >= 4 is 11.0 Å². The van der Waals surface area contributed by atoms with Gasteiger partial charge in [0.05, 0.1) is 28.0 Å². The van der Waals surface area contributed by atoms with Crippen LogP contribution >= 0.6 is 0 Å². The Balaban J connectivity index is 1.34. The zero-order valence-electron chi connectivity index (χ0n) is 35.2. The van der Waals surface area contributed by atoms with E-state index in [4.69, 9.17) is 14.1 Å². The molecular weight excluding hydrogens is 671 g/mol. The number of aryl methyl sites for hydroxylation is 1. The number of para-hydroxylation sites is 2. The van der Waals surface area contributed by atoms with Gasteiger partial charge in [-0.1, -0.05) is 138 Å². The lowest BCUT2D eigenvalue weighted by Gasteiger charge is -2.25. The summed E-state index contributed by atoms with van der Waals surface area (Å²) in [5.41, 5.74) is 13.5. The van der Waals surface area contributed by atoms with Crippen molar-refractivity contribution in [3.8, 4) is 67.5 Å². The molecule has 0 bridgehead atoms. The number of fused-ring (bicyclic) bond motifs is 1. The Labute approximate surface area is 329 Å². The van der Waals surface area contributed by atoms with Crippen molar-refractivity contribution in [1.29, 1.82) is 0 Å². The maximum Gasteiger partial charge on any atom is 0.149 e. The van der Waals surface area contributed by atoms with Crippen LogP contribution in [0.25, 0.3) is 72.7 Å². The van der Waals surface area contributed by atoms with E-state index in [0.29, 0.717) is 17.0 Å². The Morgan fingerprint density at radius 2 is 1.24 bits per heavy atom. The van der Waals surface area contributed by atoms with Gasteiger partial charge in [0.15, 0.2) is 0 Å². The van der Waals surface area contributed by atoms with Gasteiger partial charge in [-0.15, -0.1) is 0 Å². The number of aromatic nitrogens is 3. The number of hydrogen-bond acceptors (Lipinski definition) is 3. The highest BCUT2D eigenvalue weighted by Gasteiger charge is 2.26. The summed E-state index contributed by atoms with van der Waals surface area (Å²) in [5, 5.41) is 11.3. The molecule has 0 saturated carbocycles. The van der Waals surface area contributed by atoms with Crippen LogP contribution < -0.4 is 0 Å². The lowest BCUT2D eigenvalue weighted by atomic mass is 9.83. The van der Waals surface area contributed by atoms with Crippen molar-refractivity contribution in [3.63, 3.8) is 0 Å². The first-order chi connectivity index (χ1) is 27.6. The molecule has 0 aliphatic carbocycles. The van der Waals surface area contributed by atoms with Gasteiger partial charge in [-0.2, -0.15) is 0 Å². The van der Waals surface area contributed by atoms with Gasteiger partial charge in [0, 0.05) is 21.4 Å². The predicted molar refractivity (Wildman–Crippen MR) is 230 cm³/mol. The Bertz CT molecular complexity index is 2790. The fraction of sp³-hybridized carbons (Fsp3) is 0.176. The number of phenolic OH excluding ortho intramolecular Hbond substituents is 1. The van der Waals surface area contributed by atoms with E-state index < -0.39 is 6.85 Å². The van der Waals surface area contributed by atoms with E-state index in [9.17, 15) is 5.11 Å². The number of phenols is 1. The van der Waals surface area contributed by atoms with Crippen LogP contribution in [0.5, 0.6) is 5.75 Å². The van der Waals surface area contributed by atoms with E-state index in [0.717, 1.165) is 72.5 Å². The summed E-state index contributed by atoms with van der Waals surface area (Å²) >= 11 is 0. The Hall–Kier alpha value is -6.26. The number of aromatic hydroxyl groups is 1. The largest absolute Gasteiger partial charge is 0.507 e. The van der Waals surface area contributed by atoms with Crippen molar-refractivity contribution < 1.29 is 9.22 Å². The number of benzene rings is 6. The highest BCUT2D eigenvalue weighted by Crippen LogP contribution is 2.42. The molecule has 55 heavy (non-hydrogen) atoms. The molecule has 0 radical (unpaired) electrons. The van der Waals surface area contributed by atoms with Crippen molar-refractivity contribution in [2.45, 2.75) is 59.2 Å². The first-order valence-electron chi connectivity index (χ1n) is 20.3. The van der Waals surface area contributed by atoms with Crippen molar-refractivity contribution in [2.24, 2.45) is 0 Å². The van der Waals surface area contributed by atoms with Gasteiger partial charge in [-0.25, -0.2) is 4.98 Å². The Morgan fingerprint density at radius 3 is 1.96 bits per heavy atom. The fourth-order valence-corrected chi connectivity index (χ4v) is 7.36. The third kappa shape index (κ3) is 6.97. The van der Waals surface area contributed by atoms with Crippen LogP contribution in [-0.4, -0.2) is 19.6 Å². The van der Waals surface area contributed by atoms with E-state index in [1.54, 1.807) is 18.2 Å². The molecule has 4 heteroatoms. The molecule has 6 aromatic carbocycles. The van der Waals surface area contributed by atoms with Gasteiger partial charge in [-0.3, -0.25) is 9.55 Å². The molecule has 0 fully saturated rings. The molecule has 0 atom stereocenters. The van der Waals surface area contributed by atoms with Crippen LogP contribution in [-0.2, 0) is 10.8 Å². The summed E-state index contributed by atoms with van der Waals surface area (Å²) in [5.74, 6) is 0.819. The van der Waals surface area contributed by atoms with Crippen LogP contribution in [0.1, 0.15) is 62.3 Å². The van der Waals surface area contributed by atoms with E-state index in [1.807, 2.05) is 48.7 Å². The fourth-order valence-electron chi connectivity index (χ4n) is 7.36. The molecule has 0 spiro atoms. The molecule has 0 saturated heterocycles. The molecular formula is C51H47N3O. The lowest BCUT2D eigenvalue weighted by Crippen LogP contribution is -2.16. The average molecular weight is 721 g/mol. The molecule has 0 unspecified atom stereocenters. The summed E-state index contributed by atoms with van der Waals surface area (Å²) in [6.07, 6.45) is 1.81. The smallest absolute Gasteiger partial charge is 0.149 e. The second kappa shape index (κ2) is 13.9. The third-order valence-electron chi connectivity index (χ3n) is 10.4. The van der Waals surface area contributed by atoms with Gasteiger partial charge >= 0.3 is 0 Å². The summed E-state index contributed by atoms with van der Waals surface area (Å²) in [6.45, 7) is 11.2. The standard InChI is InChI=1S/C51H47N3O/c1-33-20-22-35(23-21-33)37-26-27-52-44(32-37)39-28-38(29-40(30-39)50(2,3)4)41-17-13-18-46-48(41)53-49(42-16-11-12-19-47(42)55)54(46)45-25-24-36(31-43(45)51(5,6)7)34-14-9-8-10-15-34/h8-32,55H,1-7H3/i1D3. The Kier molecular flexibility index (Phi) is 8.11. The summed E-state index contributed by atoms with van der Waals surface area (Å²) < 4.78 is 25.6. The van der Waals surface area contributed by atoms with Crippen molar-refractivity contribution in [1.82, 2.24) is 14.5 Å². The monoisotopic (exact) mass is 720 g/mol. The van der Waals surface area contributed by atoms with Gasteiger partial charge in [0.25, 0.3) is 0 Å². The van der Waals surface area contributed by atoms with Gasteiger partial charge in [0.2, 0.25) is 0 Å². The molecule has 2 aromatic heterocycles. The van der Waals surface area contributed by atoms with Gasteiger partial charge in [0.1, 0.15) is 11.6 Å². The number of nitrogens with zero attached hydrogens (tertiary/aromatic N) is 3. The van der Waals surface area contributed by atoms with Crippen LogP contribution in [0.4, 0.5) is 0 Å². The van der Waals surface area contributed by atoms with Gasteiger partial charge in [-0.05, 0) is 111 Å². The van der Waals surface area contributed by atoms with Gasteiger partial charge < -0.3 is 5.11 Å². The van der Waals surface area contributed by atoms with Crippen LogP contribution in [0.3, 0.4) is 0 Å². The Morgan fingerprint density at radius 1 is 0.564 bits per heavy atom. The molecule has 8 rings (SSSR count). The quantitative estimate of drug-likeness (QED) is 0.186. The number of pyridine rings is 1. The lowest BCUT2D eigenvalue weighted by molar-refractivity contribution is 0.477. The minimum atomic E-state index is -2.16. The summed E-state index contributed by atoms with van der Waals surface area (Å²) in [6, 6.07) is 48.6. The molecule has 0 amide bonds. The second-order valence-electron chi connectivity index (χ2n) is 16.4. The zero-order chi connectivity index (χ0) is 41.0. The first-order valence-corrected chi connectivity index (χ1v) is 18.8. The van der Waals surface area contributed by atoms with E-state index in [2.05, 4.69) is 131 Å². The minimum absolute atomic E-state index is 0.162. The van der Waals surface area contributed by atoms with E-state index >= 15 is 0 Å². The normalized spacial score (nSPS) is 13.0. The maximum absolute atomic E-state index is 11.3. The number of rotatable bonds is 6. The summed E-state index contributed by atoms with van der Waals surface area (Å²) in [7, 11) is 0. The second-order valence-corrected chi connectivity index (χ2v) is 16.4. The third-order valence-corrected chi connectivity index (χ3v) is 10.4. The highest BCUT2D eigenvalue weighted by atomic mass is 16.3. The van der Waals surface area contributed by atoms with E-state index in [1.165, 1.54) is 0 Å². The number of imidazole rings is 1. The van der Waals surface area contributed by atoms with Crippen LogP contribution in [0.2, 0.25) is 0 Å². The molecule has 8 aromatic rings. The minimum Gasteiger partial charge on any atom is -0.507 e. The highest BCUT2D eigenvalue weighted by molar-refractivity contribution is 5.97. The predicted octanol–water partition coefficient (Wildman–Crippen LogP) is 13.4. The van der Waals surface area contributed by atoms with Crippen LogP contribution in [0.15, 0.2) is 152 Å². The number of hydrogen-bond donors (Lipinski definition) is 1. The first kappa shape index (κ1) is 32.2. The van der Waals surface area contributed by atoms with Crippen molar-refractivity contribution in [3.05, 3.63) is 168 Å². The average Bonchev–Trinajstić information content (AvgIpc) is 3.59. The molecule has 4 nitrogen and oxygen atoms in total.